The highest BCUT2D eigenvalue weighted by Crippen LogP contribution is 2.24. The van der Waals surface area contributed by atoms with Crippen LogP contribution in [0.1, 0.15) is 18.3 Å². The summed E-state index contributed by atoms with van der Waals surface area (Å²) in [5.74, 6) is 0.331. The minimum Gasteiger partial charge on any atom is -0.481 e. The van der Waals surface area contributed by atoms with Crippen LogP contribution < -0.4 is 4.74 Å². The molecule has 1 aromatic carbocycles. The van der Waals surface area contributed by atoms with Gasteiger partial charge in [0.1, 0.15) is 10.6 Å². The lowest BCUT2D eigenvalue weighted by Gasteiger charge is -2.35. The molecule has 0 spiro atoms. The summed E-state index contributed by atoms with van der Waals surface area (Å²) in [4.78, 5) is 14.6. The summed E-state index contributed by atoms with van der Waals surface area (Å²) in [5, 5.41) is 4.73. The fraction of sp³-hybridized carbons (Fsp3) is 0.474. The molecular formula is C19H25ClN4O4S. The molecule has 0 saturated carbocycles. The Balaban J connectivity index is 1.64. The Labute approximate surface area is 176 Å². The maximum atomic E-state index is 13.1. The van der Waals surface area contributed by atoms with Gasteiger partial charge in [0, 0.05) is 38.2 Å². The summed E-state index contributed by atoms with van der Waals surface area (Å²) < 4.78 is 34.8. The Morgan fingerprint density at radius 3 is 2.41 bits per heavy atom. The fourth-order valence-electron chi connectivity index (χ4n) is 3.46. The van der Waals surface area contributed by atoms with Gasteiger partial charge in [-0.15, -0.1) is 0 Å². The number of halogens is 1. The molecule has 0 N–H and O–H groups in total. The molecule has 1 aromatic heterocycles. The second-order valence-electron chi connectivity index (χ2n) is 7.07. The second kappa shape index (κ2) is 8.33. The van der Waals surface area contributed by atoms with Crippen molar-refractivity contribution in [3.8, 4) is 5.75 Å². The molecule has 2 aromatic rings. The lowest BCUT2D eigenvalue weighted by atomic mass is 10.2. The molecule has 0 bridgehead atoms. The van der Waals surface area contributed by atoms with Crippen molar-refractivity contribution >= 4 is 27.5 Å². The SMILES string of the molecule is Cc1nn(C)c(C)c1S(=O)(=O)N1CCN(C(=O)C(C)Oc2cccc(Cl)c2)CC1. The van der Waals surface area contributed by atoms with Crippen LogP contribution in [0, 0.1) is 13.8 Å². The van der Waals surface area contributed by atoms with Gasteiger partial charge in [-0.1, -0.05) is 17.7 Å². The van der Waals surface area contributed by atoms with E-state index in [9.17, 15) is 13.2 Å². The van der Waals surface area contributed by atoms with Gasteiger partial charge < -0.3 is 9.64 Å². The first-order valence-corrected chi connectivity index (χ1v) is 11.1. The van der Waals surface area contributed by atoms with Crippen molar-refractivity contribution < 1.29 is 17.9 Å². The number of carbonyl (C=O) groups excluding carboxylic acids is 1. The molecule has 29 heavy (non-hydrogen) atoms. The quantitative estimate of drug-likeness (QED) is 0.709. The van der Waals surface area contributed by atoms with Crippen LogP contribution in [-0.2, 0) is 21.9 Å². The molecule has 2 heterocycles. The van der Waals surface area contributed by atoms with Crippen molar-refractivity contribution in [2.24, 2.45) is 7.05 Å². The van der Waals surface area contributed by atoms with Crippen molar-refractivity contribution in [1.82, 2.24) is 19.0 Å². The van der Waals surface area contributed by atoms with Crippen molar-refractivity contribution in [2.75, 3.05) is 26.2 Å². The number of hydrogen-bond donors (Lipinski definition) is 0. The van der Waals surface area contributed by atoms with E-state index in [1.54, 1.807) is 61.7 Å². The molecule has 1 unspecified atom stereocenters. The number of amides is 1. The molecule has 1 fully saturated rings. The first-order valence-electron chi connectivity index (χ1n) is 9.32. The Kier molecular flexibility index (Phi) is 6.21. The van der Waals surface area contributed by atoms with Crippen LogP contribution in [0.25, 0.3) is 0 Å². The van der Waals surface area contributed by atoms with Crippen molar-refractivity contribution in [3.05, 3.63) is 40.7 Å². The number of ether oxygens (including phenoxy) is 1. The normalized spacial score (nSPS) is 16.7. The van der Waals surface area contributed by atoms with Gasteiger partial charge in [0.05, 0.1) is 11.4 Å². The van der Waals surface area contributed by atoms with E-state index >= 15 is 0 Å². The molecule has 10 heteroatoms. The molecule has 1 aliphatic heterocycles. The zero-order chi connectivity index (χ0) is 21.3. The third-order valence-electron chi connectivity index (χ3n) is 5.05. The molecular weight excluding hydrogens is 416 g/mol. The van der Waals surface area contributed by atoms with E-state index < -0.39 is 16.1 Å². The molecule has 3 rings (SSSR count). The highest BCUT2D eigenvalue weighted by atomic mass is 35.5. The summed E-state index contributed by atoms with van der Waals surface area (Å²) in [7, 11) is -1.94. The lowest BCUT2D eigenvalue weighted by Crippen LogP contribution is -2.53. The third-order valence-corrected chi connectivity index (χ3v) is 7.43. The Bertz CT molecular complexity index is 1010. The average Bonchev–Trinajstić information content (AvgIpc) is 2.93. The molecule has 158 valence electrons. The zero-order valence-electron chi connectivity index (χ0n) is 16.9. The molecule has 1 atom stereocenters. The van der Waals surface area contributed by atoms with Crippen molar-refractivity contribution in [1.29, 1.82) is 0 Å². The first kappa shape index (κ1) is 21.6. The van der Waals surface area contributed by atoms with E-state index in [0.29, 0.717) is 35.2 Å². The number of aromatic nitrogens is 2. The maximum Gasteiger partial charge on any atom is 0.263 e. The molecule has 8 nitrogen and oxygen atoms in total. The van der Waals surface area contributed by atoms with Gasteiger partial charge in [0.2, 0.25) is 10.0 Å². The smallest absolute Gasteiger partial charge is 0.263 e. The van der Waals surface area contributed by atoms with Crippen molar-refractivity contribution in [3.63, 3.8) is 0 Å². The van der Waals surface area contributed by atoms with Crippen LogP contribution in [0.3, 0.4) is 0 Å². The number of nitrogens with zero attached hydrogens (tertiary/aromatic N) is 4. The largest absolute Gasteiger partial charge is 0.481 e. The van der Waals surface area contributed by atoms with Crippen molar-refractivity contribution in [2.45, 2.75) is 31.8 Å². The highest BCUT2D eigenvalue weighted by Gasteiger charge is 2.35. The summed E-state index contributed by atoms with van der Waals surface area (Å²) in [6.45, 7) is 6.17. The Hall–Kier alpha value is -2.10. The third kappa shape index (κ3) is 4.41. The molecule has 1 aliphatic rings. The minimum atomic E-state index is -3.66. The first-order chi connectivity index (χ1) is 13.6. The Morgan fingerprint density at radius 2 is 1.86 bits per heavy atom. The lowest BCUT2D eigenvalue weighted by molar-refractivity contribution is -0.139. The Morgan fingerprint density at radius 1 is 1.21 bits per heavy atom. The fourth-order valence-corrected chi connectivity index (χ4v) is 5.46. The van der Waals surface area contributed by atoms with Gasteiger partial charge in [-0.25, -0.2) is 8.42 Å². The van der Waals surface area contributed by atoms with Gasteiger partial charge in [0.15, 0.2) is 6.10 Å². The summed E-state index contributed by atoms with van der Waals surface area (Å²) >= 11 is 5.95. The van der Waals surface area contributed by atoms with Crippen LogP contribution in [-0.4, -0.2) is 65.6 Å². The number of carbonyl (C=O) groups is 1. The number of rotatable bonds is 5. The predicted molar refractivity (Wildman–Crippen MR) is 110 cm³/mol. The number of benzene rings is 1. The van der Waals surface area contributed by atoms with Gasteiger partial charge in [0.25, 0.3) is 5.91 Å². The van der Waals surface area contributed by atoms with Gasteiger partial charge >= 0.3 is 0 Å². The molecule has 1 saturated heterocycles. The van der Waals surface area contributed by atoms with Gasteiger partial charge in [-0.05, 0) is 39.0 Å². The molecule has 0 aliphatic carbocycles. The van der Waals surface area contributed by atoms with Crippen LogP contribution >= 0.6 is 11.6 Å². The standard InChI is InChI=1S/C19H25ClN4O4S/c1-13-18(14(2)22(4)21-13)29(26,27)24-10-8-23(9-11-24)19(25)15(3)28-17-7-5-6-16(20)12-17/h5-7,12,15H,8-11H2,1-4H3. The minimum absolute atomic E-state index is 0.184. The van der Waals surface area contributed by atoms with Gasteiger partial charge in [-0.2, -0.15) is 9.40 Å². The van der Waals surface area contributed by atoms with Crippen LogP contribution in [0.15, 0.2) is 29.2 Å². The van der Waals surface area contributed by atoms with Crippen LogP contribution in [0.2, 0.25) is 5.02 Å². The summed E-state index contributed by atoms with van der Waals surface area (Å²) in [6.07, 6.45) is -0.695. The molecule has 0 radical (unpaired) electrons. The number of aryl methyl sites for hydroxylation is 2. The van der Waals surface area contributed by atoms with E-state index in [0.717, 1.165) is 0 Å². The average molecular weight is 441 g/mol. The number of hydrogen-bond acceptors (Lipinski definition) is 5. The van der Waals surface area contributed by atoms with Gasteiger partial charge in [-0.3, -0.25) is 9.48 Å². The topological polar surface area (TPSA) is 84.7 Å². The summed E-state index contributed by atoms with van der Waals surface area (Å²) in [5.41, 5.74) is 1.08. The highest BCUT2D eigenvalue weighted by molar-refractivity contribution is 7.89. The van der Waals surface area contributed by atoms with E-state index in [2.05, 4.69) is 5.10 Å². The van der Waals surface area contributed by atoms with E-state index in [1.807, 2.05) is 0 Å². The van der Waals surface area contributed by atoms with Crippen LogP contribution in [0.4, 0.5) is 0 Å². The number of piperazine rings is 1. The van der Waals surface area contributed by atoms with E-state index in [-0.39, 0.29) is 23.9 Å². The number of sulfonamides is 1. The monoisotopic (exact) mass is 440 g/mol. The maximum absolute atomic E-state index is 13.1. The van der Waals surface area contributed by atoms with Crippen LogP contribution in [0.5, 0.6) is 5.75 Å². The summed E-state index contributed by atoms with van der Waals surface area (Å²) in [6, 6.07) is 6.86. The zero-order valence-corrected chi connectivity index (χ0v) is 18.5. The predicted octanol–water partition coefficient (Wildman–Crippen LogP) is 1.99. The van der Waals surface area contributed by atoms with E-state index in [1.165, 1.54) is 4.31 Å². The molecule has 1 amide bonds. The second-order valence-corrected chi connectivity index (χ2v) is 9.38. The van der Waals surface area contributed by atoms with E-state index in [4.69, 9.17) is 16.3 Å².